The minimum atomic E-state index is -4.47. The van der Waals surface area contributed by atoms with Crippen molar-refractivity contribution >= 4 is 5.91 Å². The molecule has 106 valence electrons. The number of ether oxygens (including phenoxy) is 1. The van der Waals surface area contributed by atoms with E-state index in [1.54, 1.807) is 0 Å². The molecule has 0 saturated heterocycles. The predicted molar refractivity (Wildman–Crippen MR) is 63.6 cm³/mol. The van der Waals surface area contributed by atoms with E-state index < -0.39 is 17.8 Å². The molecule has 0 aliphatic carbocycles. The molecule has 0 fully saturated rings. The fourth-order valence-corrected chi connectivity index (χ4v) is 1.32. The Bertz CT molecular complexity index is 433. The van der Waals surface area contributed by atoms with Gasteiger partial charge in [0.15, 0.2) is 0 Å². The molecule has 1 amide bonds. The SMILES string of the molecule is C[C@@H](N)C(=O)NCCOc1ccccc1C(F)(F)F. The number of hydrogen-bond acceptors (Lipinski definition) is 3. The lowest BCUT2D eigenvalue weighted by atomic mass is 10.2. The Hall–Kier alpha value is -1.76. The van der Waals surface area contributed by atoms with Crippen molar-refractivity contribution in [1.29, 1.82) is 0 Å². The number of alkyl halides is 3. The Labute approximate surface area is 108 Å². The molecule has 0 spiro atoms. The molecule has 1 aromatic carbocycles. The molecule has 0 heterocycles. The maximum atomic E-state index is 12.6. The largest absolute Gasteiger partial charge is 0.491 e. The van der Waals surface area contributed by atoms with Crippen LogP contribution in [0.3, 0.4) is 0 Å². The van der Waals surface area contributed by atoms with Crippen LogP contribution in [-0.4, -0.2) is 25.1 Å². The third-order valence-electron chi connectivity index (χ3n) is 2.26. The first-order chi connectivity index (χ1) is 8.82. The van der Waals surface area contributed by atoms with Crippen molar-refractivity contribution in [3.8, 4) is 5.75 Å². The van der Waals surface area contributed by atoms with Crippen molar-refractivity contribution in [2.24, 2.45) is 5.73 Å². The van der Waals surface area contributed by atoms with Crippen molar-refractivity contribution in [3.63, 3.8) is 0 Å². The highest BCUT2D eigenvalue weighted by Crippen LogP contribution is 2.35. The number of amides is 1. The summed E-state index contributed by atoms with van der Waals surface area (Å²) in [5.41, 5.74) is 4.47. The number of para-hydroxylation sites is 1. The van der Waals surface area contributed by atoms with Gasteiger partial charge in [0.2, 0.25) is 5.91 Å². The van der Waals surface area contributed by atoms with E-state index in [0.29, 0.717) is 0 Å². The van der Waals surface area contributed by atoms with Crippen molar-refractivity contribution < 1.29 is 22.7 Å². The van der Waals surface area contributed by atoms with Crippen LogP contribution in [0.1, 0.15) is 12.5 Å². The van der Waals surface area contributed by atoms with Gasteiger partial charge in [-0.1, -0.05) is 12.1 Å². The van der Waals surface area contributed by atoms with Gasteiger partial charge >= 0.3 is 6.18 Å². The molecule has 0 unspecified atom stereocenters. The van der Waals surface area contributed by atoms with Gasteiger partial charge in [-0.25, -0.2) is 0 Å². The van der Waals surface area contributed by atoms with E-state index in [0.717, 1.165) is 6.07 Å². The monoisotopic (exact) mass is 276 g/mol. The van der Waals surface area contributed by atoms with E-state index >= 15 is 0 Å². The first-order valence-electron chi connectivity index (χ1n) is 5.64. The summed E-state index contributed by atoms with van der Waals surface area (Å²) in [7, 11) is 0. The minimum Gasteiger partial charge on any atom is -0.491 e. The summed E-state index contributed by atoms with van der Waals surface area (Å²) >= 11 is 0. The molecule has 0 aliphatic heterocycles. The van der Waals surface area contributed by atoms with Gasteiger partial charge < -0.3 is 15.8 Å². The Morgan fingerprint density at radius 1 is 1.42 bits per heavy atom. The van der Waals surface area contributed by atoms with Crippen molar-refractivity contribution in [3.05, 3.63) is 29.8 Å². The summed E-state index contributed by atoms with van der Waals surface area (Å²) in [4.78, 5) is 11.1. The molecule has 7 heteroatoms. The smallest absolute Gasteiger partial charge is 0.419 e. The number of carbonyl (C=O) groups excluding carboxylic acids is 1. The topological polar surface area (TPSA) is 64.4 Å². The minimum absolute atomic E-state index is 0.0639. The molecule has 0 aromatic heterocycles. The van der Waals surface area contributed by atoms with Gasteiger partial charge in [0.1, 0.15) is 12.4 Å². The molecule has 0 saturated carbocycles. The van der Waals surface area contributed by atoms with Crippen LogP contribution in [0.25, 0.3) is 0 Å². The number of nitrogens with one attached hydrogen (secondary N) is 1. The Morgan fingerprint density at radius 2 is 2.05 bits per heavy atom. The third kappa shape index (κ3) is 4.78. The second kappa shape index (κ2) is 6.42. The van der Waals surface area contributed by atoms with E-state index in [-0.39, 0.29) is 24.8 Å². The predicted octanol–water partition coefficient (Wildman–Crippen LogP) is 1.55. The average molecular weight is 276 g/mol. The van der Waals surface area contributed by atoms with Crippen LogP contribution < -0.4 is 15.8 Å². The van der Waals surface area contributed by atoms with E-state index in [9.17, 15) is 18.0 Å². The zero-order chi connectivity index (χ0) is 14.5. The van der Waals surface area contributed by atoms with Crippen molar-refractivity contribution in [2.75, 3.05) is 13.2 Å². The van der Waals surface area contributed by atoms with E-state index in [1.165, 1.54) is 25.1 Å². The van der Waals surface area contributed by atoms with Crippen molar-refractivity contribution in [2.45, 2.75) is 19.1 Å². The molecule has 1 atom stereocenters. The highest BCUT2D eigenvalue weighted by Gasteiger charge is 2.33. The molecule has 3 N–H and O–H groups in total. The molecule has 0 radical (unpaired) electrons. The van der Waals surface area contributed by atoms with Crippen molar-refractivity contribution in [1.82, 2.24) is 5.32 Å². The summed E-state index contributed by atoms with van der Waals surface area (Å²) in [5, 5.41) is 2.44. The lowest BCUT2D eigenvalue weighted by molar-refractivity contribution is -0.139. The number of benzene rings is 1. The second-order valence-corrected chi connectivity index (χ2v) is 3.92. The van der Waals surface area contributed by atoms with E-state index in [4.69, 9.17) is 10.5 Å². The zero-order valence-corrected chi connectivity index (χ0v) is 10.3. The van der Waals surface area contributed by atoms with E-state index in [1.807, 2.05) is 0 Å². The molecule has 0 bridgehead atoms. The molecule has 1 aromatic rings. The highest BCUT2D eigenvalue weighted by atomic mass is 19.4. The van der Waals surface area contributed by atoms with Gasteiger partial charge in [0.05, 0.1) is 18.2 Å². The fourth-order valence-electron chi connectivity index (χ4n) is 1.32. The normalized spacial score (nSPS) is 12.9. The maximum Gasteiger partial charge on any atom is 0.419 e. The third-order valence-corrected chi connectivity index (χ3v) is 2.26. The number of hydrogen-bond donors (Lipinski definition) is 2. The van der Waals surface area contributed by atoms with Crippen LogP contribution in [0.2, 0.25) is 0 Å². The van der Waals surface area contributed by atoms with Crippen LogP contribution in [0.5, 0.6) is 5.75 Å². The number of nitrogens with two attached hydrogens (primary N) is 1. The van der Waals surface area contributed by atoms with E-state index in [2.05, 4.69) is 5.32 Å². The summed E-state index contributed by atoms with van der Waals surface area (Å²) < 4.78 is 42.9. The summed E-state index contributed by atoms with van der Waals surface area (Å²) in [6, 6.07) is 4.24. The number of carbonyl (C=O) groups is 1. The van der Waals surface area contributed by atoms with Crippen LogP contribution in [-0.2, 0) is 11.0 Å². The molecular formula is C12H15F3N2O2. The highest BCUT2D eigenvalue weighted by molar-refractivity contribution is 5.80. The van der Waals surface area contributed by atoms with Gasteiger partial charge in [-0.3, -0.25) is 4.79 Å². The summed E-state index contributed by atoms with van der Waals surface area (Å²) in [6.07, 6.45) is -4.47. The Morgan fingerprint density at radius 3 is 2.63 bits per heavy atom. The quantitative estimate of drug-likeness (QED) is 0.802. The van der Waals surface area contributed by atoms with Gasteiger partial charge in [-0.2, -0.15) is 13.2 Å². The Balaban J connectivity index is 2.53. The van der Waals surface area contributed by atoms with Crippen LogP contribution in [0.4, 0.5) is 13.2 Å². The molecule has 1 rings (SSSR count). The average Bonchev–Trinajstić information content (AvgIpc) is 2.33. The van der Waals surface area contributed by atoms with Gasteiger partial charge in [0, 0.05) is 0 Å². The van der Waals surface area contributed by atoms with Crippen LogP contribution in [0.15, 0.2) is 24.3 Å². The lowest BCUT2D eigenvalue weighted by Crippen LogP contribution is -2.40. The summed E-state index contributed by atoms with van der Waals surface area (Å²) in [6.45, 7) is 1.53. The second-order valence-electron chi connectivity index (χ2n) is 3.92. The molecule has 19 heavy (non-hydrogen) atoms. The first-order valence-corrected chi connectivity index (χ1v) is 5.64. The molecule has 0 aliphatic rings. The summed E-state index contributed by atoms with van der Waals surface area (Å²) in [5.74, 6) is -0.641. The van der Waals surface area contributed by atoms with Gasteiger partial charge in [-0.15, -0.1) is 0 Å². The molecule has 4 nitrogen and oxygen atoms in total. The standard InChI is InChI=1S/C12H15F3N2O2/c1-8(16)11(18)17-6-7-19-10-5-3-2-4-9(10)12(13,14)15/h2-5,8H,6-7,16H2,1H3,(H,17,18)/t8-/m1/s1. The first kappa shape index (κ1) is 15.3. The fraction of sp³-hybridized carbons (Fsp3) is 0.417. The number of halogens is 3. The Kier molecular flexibility index (Phi) is 5.17. The van der Waals surface area contributed by atoms with Crippen LogP contribution in [0, 0.1) is 0 Å². The zero-order valence-electron chi connectivity index (χ0n) is 10.3. The maximum absolute atomic E-state index is 12.6. The van der Waals surface area contributed by atoms with Gasteiger partial charge in [-0.05, 0) is 19.1 Å². The number of rotatable bonds is 5. The molecular weight excluding hydrogens is 261 g/mol. The van der Waals surface area contributed by atoms with Gasteiger partial charge in [0.25, 0.3) is 0 Å². The lowest BCUT2D eigenvalue weighted by Gasteiger charge is -2.14. The van der Waals surface area contributed by atoms with Crippen LogP contribution >= 0.6 is 0 Å².